The Morgan fingerprint density at radius 3 is 2.38 bits per heavy atom. The highest BCUT2D eigenvalue weighted by molar-refractivity contribution is 6.33. The lowest BCUT2D eigenvalue weighted by Crippen LogP contribution is -1.92. The van der Waals surface area contributed by atoms with Crippen LogP contribution in [0.2, 0.25) is 5.02 Å². The summed E-state index contributed by atoms with van der Waals surface area (Å²) in [5.41, 5.74) is 1.84. The molecule has 0 aliphatic heterocycles. The number of H-pyrrole nitrogens is 1. The van der Waals surface area contributed by atoms with Crippen LogP contribution < -0.4 is 9.47 Å². The van der Waals surface area contributed by atoms with E-state index in [9.17, 15) is 0 Å². The van der Waals surface area contributed by atoms with Crippen molar-refractivity contribution in [2.45, 2.75) is 0 Å². The van der Waals surface area contributed by atoms with Crippen molar-refractivity contribution in [3.05, 3.63) is 35.5 Å². The van der Waals surface area contributed by atoms with Crippen LogP contribution in [0.3, 0.4) is 0 Å². The minimum Gasteiger partial charge on any atom is -0.493 e. The Balaban J connectivity index is 2.55. The van der Waals surface area contributed by atoms with E-state index in [0.717, 1.165) is 11.3 Å². The van der Waals surface area contributed by atoms with Crippen molar-refractivity contribution in [3.8, 4) is 22.8 Å². The monoisotopic (exact) mass is 237 g/mol. The van der Waals surface area contributed by atoms with Gasteiger partial charge >= 0.3 is 0 Å². The summed E-state index contributed by atoms with van der Waals surface area (Å²) in [5.74, 6) is 1.29. The zero-order valence-electron chi connectivity index (χ0n) is 9.08. The molecule has 2 rings (SSSR count). The summed E-state index contributed by atoms with van der Waals surface area (Å²) in [6.45, 7) is 0. The molecule has 0 atom stereocenters. The molecule has 1 N–H and O–H groups in total. The van der Waals surface area contributed by atoms with Crippen LogP contribution in [0.25, 0.3) is 11.3 Å². The fraction of sp³-hybridized carbons (Fsp3) is 0.167. The van der Waals surface area contributed by atoms with Crippen LogP contribution in [0.4, 0.5) is 0 Å². The highest BCUT2D eigenvalue weighted by Crippen LogP contribution is 2.37. The van der Waals surface area contributed by atoms with Gasteiger partial charge in [-0.1, -0.05) is 11.6 Å². The lowest BCUT2D eigenvalue weighted by Gasteiger charge is -2.10. The summed E-state index contributed by atoms with van der Waals surface area (Å²) in [6, 6.07) is 7.47. The van der Waals surface area contributed by atoms with Crippen LogP contribution in [0.1, 0.15) is 0 Å². The molecule has 4 heteroatoms. The van der Waals surface area contributed by atoms with Crippen molar-refractivity contribution < 1.29 is 9.47 Å². The summed E-state index contributed by atoms with van der Waals surface area (Å²) in [5, 5.41) is 0.625. The van der Waals surface area contributed by atoms with Gasteiger partial charge in [-0.3, -0.25) is 0 Å². The summed E-state index contributed by atoms with van der Waals surface area (Å²) in [7, 11) is 3.19. The first-order valence-corrected chi connectivity index (χ1v) is 5.19. The van der Waals surface area contributed by atoms with Gasteiger partial charge in [-0.15, -0.1) is 0 Å². The Morgan fingerprint density at radius 1 is 1.12 bits per heavy atom. The van der Waals surface area contributed by atoms with E-state index in [2.05, 4.69) is 4.98 Å². The first-order valence-electron chi connectivity index (χ1n) is 4.81. The van der Waals surface area contributed by atoms with E-state index < -0.39 is 0 Å². The van der Waals surface area contributed by atoms with Crippen molar-refractivity contribution in [3.63, 3.8) is 0 Å². The second-order valence-corrected chi connectivity index (χ2v) is 3.68. The van der Waals surface area contributed by atoms with Crippen molar-refractivity contribution in [1.82, 2.24) is 4.98 Å². The van der Waals surface area contributed by atoms with E-state index in [1.807, 2.05) is 24.4 Å². The zero-order valence-corrected chi connectivity index (χ0v) is 9.84. The maximum atomic E-state index is 6.17. The van der Waals surface area contributed by atoms with E-state index in [-0.39, 0.29) is 0 Å². The van der Waals surface area contributed by atoms with E-state index >= 15 is 0 Å². The highest BCUT2D eigenvalue weighted by Gasteiger charge is 2.11. The van der Waals surface area contributed by atoms with Gasteiger partial charge < -0.3 is 14.5 Å². The van der Waals surface area contributed by atoms with E-state index in [0.29, 0.717) is 16.5 Å². The molecule has 1 aromatic carbocycles. The third-order valence-electron chi connectivity index (χ3n) is 2.36. The van der Waals surface area contributed by atoms with E-state index in [4.69, 9.17) is 21.1 Å². The summed E-state index contributed by atoms with van der Waals surface area (Å²) in [4.78, 5) is 3.10. The molecular formula is C12H12ClNO2. The number of halogens is 1. The normalized spacial score (nSPS) is 10.2. The van der Waals surface area contributed by atoms with Gasteiger partial charge in [0.2, 0.25) is 0 Å². The van der Waals surface area contributed by atoms with Crippen molar-refractivity contribution in [2.24, 2.45) is 0 Å². The molecule has 84 valence electrons. The molecule has 0 amide bonds. The molecule has 0 bridgehead atoms. The summed E-state index contributed by atoms with van der Waals surface area (Å²) < 4.78 is 10.4. The van der Waals surface area contributed by atoms with Crippen molar-refractivity contribution in [1.29, 1.82) is 0 Å². The lowest BCUT2D eigenvalue weighted by atomic mass is 10.1. The SMILES string of the molecule is COc1cc(Cl)c(-c2ccc[nH]2)cc1OC. The first kappa shape index (κ1) is 10.9. The van der Waals surface area contributed by atoms with Gasteiger partial charge in [-0.25, -0.2) is 0 Å². The van der Waals surface area contributed by atoms with Crippen molar-refractivity contribution in [2.75, 3.05) is 14.2 Å². The van der Waals surface area contributed by atoms with Crippen molar-refractivity contribution >= 4 is 11.6 Å². The number of benzene rings is 1. The number of hydrogen-bond donors (Lipinski definition) is 1. The van der Waals surface area contributed by atoms with Crippen LogP contribution in [0.15, 0.2) is 30.5 Å². The molecule has 0 unspecified atom stereocenters. The van der Waals surface area contributed by atoms with E-state index in [1.54, 1.807) is 20.3 Å². The fourth-order valence-electron chi connectivity index (χ4n) is 1.56. The molecule has 1 aromatic heterocycles. The number of aromatic nitrogens is 1. The predicted molar refractivity (Wildman–Crippen MR) is 64.3 cm³/mol. The van der Waals surface area contributed by atoms with Gasteiger partial charge in [-0.2, -0.15) is 0 Å². The molecule has 1 heterocycles. The lowest BCUT2D eigenvalue weighted by molar-refractivity contribution is 0.355. The smallest absolute Gasteiger partial charge is 0.162 e. The number of nitrogens with one attached hydrogen (secondary N) is 1. The Morgan fingerprint density at radius 2 is 1.81 bits per heavy atom. The average Bonchev–Trinajstić information content (AvgIpc) is 2.82. The molecule has 0 spiro atoms. The molecule has 0 saturated heterocycles. The third kappa shape index (κ3) is 1.86. The van der Waals surface area contributed by atoms with Gasteiger partial charge in [0.1, 0.15) is 0 Å². The van der Waals surface area contributed by atoms with Gasteiger partial charge in [0.15, 0.2) is 11.5 Å². The molecule has 0 aliphatic rings. The maximum absolute atomic E-state index is 6.17. The second-order valence-electron chi connectivity index (χ2n) is 3.27. The van der Waals surface area contributed by atoms with Crippen LogP contribution in [-0.2, 0) is 0 Å². The largest absolute Gasteiger partial charge is 0.493 e. The number of hydrogen-bond acceptors (Lipinski definition) is 2. The second kappa shape index (κ2) is 4.49. The molecule has 2 aromatic rings. The minimum absolute atomic E-state index is 0.625. The summed E-state index contributed by atoms with van der Waals surface area (Å²) >= 11 is 6.17. The Bertz CT molecular complexity index is 480. The fourth-order valence-corrected chi connectivity index (χ4v) is 1.81. The first-order chi connectivity index (χ1) is 7.76. The van der Waals surface area contributed by atoms with Crippen LogP contribution in [-0.4, -0.2) is 19.2 Å². The number of methoxy groups -OCH3 is 2. The number of aromatic amines is 1. The highest BCUT2D eigenvalue weighted by atomic mass is 35.5. The molecule has 0 aliphatic carbocycles. The van der Waals surface area contributed by atoms with Crippen LogP contribution in [0, 0.1) is 0 Å². The quantitative estimate of drug-likeness (QED) is 0.888. The average molecular weight is 238 g/mol. The Kier molecular flexibility index (Phi) is 3.06. The van der Waals surface area contributed by atoms with E-state index in [1.165, 1.54) is 0 Å². The Labute approximate surface area is 99.0 Å². The van der Waals surface area contributed by atoms with Crippen LogP contribution in [0.5, 0.6) is 11.5 Å². The molecule has 0 saturated carbocycles. The van der Waals surface area contributed by atoms with Gasteiger partial charge in [0, 0.05) is 23.5 Å². The Hall–Kier alpha value is -1.61. The summed E-state index contributed by atoms with van der Waals surface area (Å²) in [6.07, 6.45) is 1.85. The maximum Gasteiger partial charge on any atom is 0.162 e. The topological polar surface area (TPSA) is 34.2 Å². The molecule has 3 nitrogen and oxygen atoms in total. The van der Waals surface area contributed by atoms with Gasteiger partial charge in [-0.05, 0) is 18.2 Å². The molecule has 0 radical (unpaired) electrons. The third-order valence-corrected chi connectivity index (χ3v) is 2.67. The van der Waals surface area contributed by atoms with Gasteiger partial charge in [0.25, 0.3) is 0 Å². The molecule has 16 heavy (non-hydrogen) atoms. The van der Waals surface area contributed by atoms with Crippen LogP contribution >= 0.6 is 11.6 Å². The standard InChI is InChI=1S/C12H12ClNO2/c1-15-11-6-8(10-4-3-5-14-10)9(13)7-12(11)16-2/h3-7,14H,1-2H3. The molecular weight excluding hydrogens is 226 g/mol. The number of ether oxygens (including phenoxy) is 2. The number of rotatable bonds is 3. The zero-order chi connectivity index (χ0) is 11.5. The minimum atomic E-state index is 0.625. The predicted octanol–water partition coefficient (Wildman–Crippen LogP) is 3.35. The van der Waals surface area contributed by atoms with Gasteiger partial charge in [0.05, 0.1) is 19.2 Å². The molecule has 0 fully saturated rings.